The van der Waals surface area contributed by atoms with Gasteiger partial charge in [-0.05, 0) is 62.6 Å². The second-order valence-corrected chi connectivity index (χ2v) is 6.70. The van der Waals surface area contributed by atoms with Gasteiger partial charge in [0.1, 0.15) is 5.75 Å². The maximum absolute atomic E-state index is 12.2. The highest BCUT2D eigenvalue weighted by Crippen LogP contribution is 2.33. The first kappa shape index (κ1) is 18.0. The molecule has 0 aromatic heterocycles. The molecule has 0 saturated carbocycles. The Kier molecular flexibility index (Phi) is 5.26. The van der Waals surface area contributed by atoms with E-state index in [2.05, 4.69) is 23.3 Å². The van der Waals surface area contributed by atoms with Crippen LogP contribution in [0.15, 0.2) is 36.4 Å². The number of anilines is 2. The molecule has 1 aliphatic heterocycles. The van der Waals surface area contributed by atoms with Gasteiger partial charge in [-0.2, -0.15) is 0 Å². The Balaban J connectivity index is 1.64. The first-order valence-corrected chi connectivity index (χ1v) is 8.83. The third-order valence-electron chi connectivity index (χ3n) is 4.69. The van der Waals surface area contributed by atoms with Crippen LogP contribution in [0, 0.1) is 6.92 Å². The summed E-state index contributed by atoms with van der Waals surface area (Å²) in [6, 6.07) is 11.2. The summed E-state index contributed by atoms with van der Waals surface area (Å²) in [4.78, 5) is 25.9. The number of nitrogens with zero attached hydrogens (tertiary/aromatic N) is 1. The largest absolute Gasteiger partial charge is 0.483 e. The molecule has 0 spiro atoms. The SMILES string of the molecule is CC(=O)c1ccc(NC(=O)COc2cccc3c2CCCN3C)cc1C. The van der Waals surface area contributed by atoms with Crippen molar-refractivity contribution >= 4 is 23.1 Å². The number of ketones is 1. The zero-order valence-electron chi connectivity index (χ0n) is 15.5. The molecular formula is C21H24N2O3. The number of carbonyl (C=O) groups is 2. The number of aryl methyl sites for hydroxylation is 1. The smallest absolute Gasteiger partial charge is 0.262 e. The van der Waals surface area contributed by atoms with Gasteiger partial charge < -0.3 is 15.0 Å². The van der Waals surface area contributed by atoms with Gasteiger partial charge in [0.15, 0.2) is 12.4 Å². The molecule has 1 N–H and O–H groups in total. The first-order chi connectivity index (χ1) is 12.5. The normalized spacial score (nSPS) is 13.1. The summed E-state index contributed by atoms with van der Waals surface area (Å²) in [5.41, 5.74) is 4.51. The Bertz CT molecular complexity index is 845. The van der Waals surface area contributed by atoms with Crippen molar-refractivity contribution in [2.24, 2.45) is 0 Å². The highest BCUT2D eigenvalue weighted by Gasteiger charge is 2.18. The lowest BCUT2D eigenvalue weighted by Gasteiger charge is -2.28. The van der Waals surface area contributed by atoms with E-state index in [1.54, 1.807) is 18.2 Å². The number of carbonyl (C=O) groups excluding carboxylic acids is 2. The number of Topliss-reactive ketones (excluding diaryl/α,β-unsaturated/α-hetero) is 1. The molecule has 5 heteroatoms. The van der Waals surface area contributed by atoms with Gasteiger partial charge in [0.05, 0.1) is 0 Å². The van der Waals surface area contributed by atoms with Crippen LogP contribution in [0.25, 0.3) is 0 Å². The van der Waals surface area contributed by atoms with Crippen LogP contribution in [0.2, 0.25) is 0 Å². The fraction of sp³-hybridized carbons (Fsp3) is 0.333. The van der Waals surface area contributed by atoms with E-state index in [0.717, 1.165) is 36.3 Å². The molecular weight excluding hydrogens is 328 g/mol. The van der Waals surface area contributed by atoms with Crippen LogP contribution in [0.3, 0.4) is 0 Å². The summed E-state index contributed by atoms with van der Waals surface area (Å²) in [6.07, 6.45) is 2.04. The summed E-state index contributed by atoms with van der Waals surface area (Å²) < 4.78 is 5.79. The molecule has 0 fully saturated rings. The molecule has 26 heavy (non-hydrogen) atoms. The summed E-state index contributed by atoms with van der Waals surface area (Å²) >= 11 is 0. The molecule has 2 aromatic carbocycles. The van der Waals surface area contributed by atoms with Crippen molar-refractivity contribution < 1.29 is 14.3 Å². The summed E-state index contributed by atoms with van der Waals surface area (Å²) in [5.74, 6) is 0.566. The number of hydrogen-bond acceptors (Lipinski definition) is 4. The molecule has 0 unspecified atom stereocenters. The number of amides is 1. The van der Waals surface area contributed by atoms with Gasteiger partial charge in [-0.1, -0.05) is 6.07 Å². The Labute approximate surface area is 154 Å². The molecule has 0 atom stereocenters. The second-order valence-electron chi connectivity index (χ2n) is 6.70. The standard InChI is InChI=1S/C21H24N2O3/c1-14-12-16(9-10-17(14)15(2)24)22-21(25)13-26-20-8-4-7-19-18(20)6-5-11-23(19)3/h4,7-10,12H,5-6,11,13H2,1-3H3,(H,22,25). The molecule has 3 rings (SSSR count). The van der Waals surface area contributed by atoms with E-state index in [1.807, 2.05) is 19.1 Å². The van der Waals surface area contributed by atoms with E-state index in [0.29, 0.717) is 11.3 Å². The minimum atomic E-state index is -0.221. The summed E-state index contributed by atoms with van der Waals surface area (Å²) in [6.45, 7) is 4.38. The summed E-state index contributed by atoms with van der Waals surface area (Å²) in [7, 11) is 2.07. The van der Waals surface area contributed by atoms with E-state index in [-0.39, 0.29) is 18.3 Å². The fourth-order valence-electron chi connectivity index (χ4n) is 3.39. The lowest BCUT2D eigenvalue weighted by atomic mass is 10.0. The molecule has 0 aliphatic carbocycles. The first-order valence-electron chi connectivity index (χ1n) is 8.83. The minimum absolute atomic E-state index is 0.0162. The molecule has 2 aromatic rings. The third-order valence-corrected chi connectivity index (χ3v) is 4.69. The molecule has 0 saturated heterocycles. The quantitative estimate of drug-likeness (QED) is 0.836. The highest BCUT2D eigenvalue weighted by molar-refractivity contribution is 5.97. The van der Waals surface area contributed by atoms with E-state index in [9.17, 15) is 9.59 Å². The van der Waals surface area contributed by atoms with Gasteiger partial charge in [-0.25, -0.2) is 0 Å². The van der Waals surface area contributed by atoms with Gasteiger partial charge in [0.25, 0.3) is 5.91 Å². The zero-order chi connectivity index (χ0) is 18.7. The number of ether oxygens (including phenoxy) is 1. The van der Waals surface area contributed by atoms with E-state index in [1.165, 1.54) is 12.6 Å². The fourth-order valence-corrected chi connectivity index (χ4v) is 3.39. The zero-order valence-corrected chi connectivity index (χ0v) is 15.5. The predicted octanol–water partition coefficient (Wildman–Crippen LogP) is 3.60. The number of rotatable bonds is 5. The van der Waals surface area contributed by atoms with Crippen molar-refractivity contribution in [3.05, 3.63) is 53.1 Å². The molecule has 1 heterocycles. The maximum atomic E-state index is 12.2. The van der Waals surface area contributed by atoms with Gasteiger partial charge in [0, 0.05) is 36.1 Å². The third kappa shape index (κ3) is 3.87. The van der Waals surface area contributed by atoms with Gasteiger partial charge in [0.2, 0.25) is 0 Å². The van der Waals surface area contributed by atoms with Crippen molar-refractivity contribution in [3.8, 4) is 5.75 Å². The Hall–Kier alpha value is -2.82. The van der Waals surface area contributed by atoms with Crippen molar-refractivity contribution in [3.63, 3.8) is 0 Å². The number of nitrogens with one attached hydrogen (secondary N) is 1. The predicted molar refractivity (Wildman–Crippen MR) is 103 cm³/mol. The van der Waals surface area contributed by atoms with Crippen LogP contribution in [-0.4, -0.2) is 31.9 Å². The van der Waals surface area contributed by atoms with Crippen molar-refractivity contribution in [1.29, 1.82) is 0 Å². The van der Waals surface area contributed by atoms with Gasteiger partial charge in [-0.3, -0.25) is 9.59 Å². The van der Waals surface area contributed by atoms with Crippen LogP contribution >= 0.6 is 0 Å². The highest BCUT2D eigenvalue weighted by atomic mass is 16.5. The van der Waals surface area contributed by atoms with Crippen LogP contribution in [-0.2, 0) is 11.2 Å². The summed E-state index contributed by atoms with van der Waals surface area (Å²) in [5, 5.41) is 2.82. The molecule has 0 radical (unpaired) electrons. The van der Waals surface area contributed by atoms with Gasteiger partial charge >= 0.3 is 0 Å². The molecule has 136 valence electrons. The lowest BCUT2D eigenvalue weighted by Crippen LogP contribution is -2.26. The molecule has 0 bridgehead atoms. The lowest BCUT2D eigenvalue weighted by molar-refractivity contribution is -0.118. The van der Waals surface area contributed by atoms with E-state index >= 15 is 0 Å². The van der Waals surface area contributed by atoms with Crippen LogP contribution in [0.1, 0.15) is 34.8 Å². The van der Waals surface area contributed by atoms with Crippen molar-refractivity contribution in [2.75, 3.05) is 30.4 Å². The number of fused-ring (bicyclic) bond motifs is 1. The Morgan fingerprint density at radius 1 is 1.23 bits per heavy atom. The maximum Gasteiger partial charge on any atom is 0.262 e. The van der Waals surface area contributed by atoms with Crippen LogP contribution in [0.5, 0.6) is 5.75 Å². The topological polar surface area (TPSA) is 58.6 Å². The van der Waals surface area contributed by atoms with Crippen molar-refractivity contribution in [2.45, 2.75) is 26.7 Å². The Morgan fingerprint density at radius 3 is 2.77 bits per heavy atom. The number of benzene rings is 2. The molecule has 5 nitrogen and oxygen atoms in total. The van der Waals surface area contributed by atoms with E-state index < -0.39 is 0 Å². The van der Waals surface area contributed by atoms with Crippen LogP contribution < -0.4 is 15.0 Å². The number of hydrogen-bond donors (Lipinski definition) is 1. The monoisotopic (exact) mass is 352 g/mol. The second kappa shape index (κ2) is 7.60. The van der Waals surface area contributed by atoms with Crippen LogP contribution in [0.4, 0.5) is 11.4 Å². The Morgan fingerprint density at radius 2 is 2.04 bits per heavy atom. The van der Waals surface area contributed by atoms with E-state index in [4.69, 9.17) is 4.74 Å². The molecule has 1 aliphatic rings. The van der Waals surface area contributed by atoms with Crippen molar-refractivity contribution in [1.82, 2.24) is 0 Å². The average Bonchev–Trinajstić information content (AvgIpc) is 2.60. The minimum Gasteiger partial charge on any atom is -0.483 e. The molecule has 1 amide bonds. The van der Waals surface area contributed by atoms with Gasteiger partial charge in [-0.15, -0.1) is 0 Å². The average molecular weight is 352 g/mol.